The standard InChI is InChI=1S/C14H31NO/c1-7-12(8-2)10-13(15-9-3)11-14(4,5)16-6/h12-13,15H,7-11H2,1-6H3. The number of nitrogens with one attached hydrogen (secondary N) is 1. The van der Waals surface area contributed by atoms with E-state index in [0.29, 0.717) is 6.04 Å². The molecular weight excluding hydrogens is 198 g/mol. The summed E-state index contributed by atoms with van der Waals surface area (Å²) in [6.07, 6.45) is 4.93. The van der Waals surface area contributed by atoms with Crippen molar-refractivity contribution >= 4 is 0 Å². The fourth-order valence-corrected chi connectivity index (χ4v) is 2.23. The van der Waals surface area contributed by atoms with Crippen LogP contribution < -0.4 is 5.32 Å². The molecule has 0 amide bonds. The van der Waals surface area contributed by atoms with Crippen LogP contribution in [-0.4, -0.2) is 25.3 Å². The summed E-state index contributed by atoms with van der Waals surface area (Å²) in [6.45, 7) is 12.1. The van der Waals surface area contributed by atoms with Crippen molar-refractivity contribution in [2.24, 2.45) is 5.92 Å². The molecule has 1 unspecified atom stereocenters. The van der Waals surface area contributed by atoms with Crippen LogP contribution in [0.25, 0.3) is 0 Å². The van der Waals surface area contributed by atoms with E-state index in [2.05, 4.69) is 39.9 Å². The first-order valence-electron chi connectivity index (χ1n) is 6.77. The highest BCUT2D eigenvalue weighted by molar-refractivity contribution is 4.79. The van der Waals surface area contributed by atoms with Crippen LogP contribution in [0.3, 0.4) is 0 Å². The molecule has 98 valence electrons. The molecular formula is C14H31NO. The highest BCUT2D eigenvalue weighted by Crippen LogP contribution is 2.22. The Labute approximate surface area is 102 Å². The number of ether oxygens (including phenoxy) is 1. The quantitative estimate of drug-likeness (QED) is 0.652. The van der Waals surface area contributed by atoms with Gasteiger partial charge in [0.25, 0.3) is 0 Å². The van der Waals surface area contributed by atoms with Crippen LogP contribution in [0.1, 0.15) is 60.3 Å². The number of hydrogen-bond acceptors (Lipinski definition) is 2. The van der Waals surface area contributed by atoms with Gasteiger partial charge in [0.1, 0.15) is 0 Å². The van der Waals surface area contributed by atoms with Crippen LogP contribution in [0, 0.1) is 5.92 Å². The fourth-order valence-electron chi connectivity index (χ4n) is 2.23. The lowest BCUT2D eigenvalue weighted by molar-refractivity contribution is 0.00505. The molecule has 1 N–H and O–H groups in total. The zero-order chi connectivity index (χ0) is 12.6. The van der Waals surface area contributed by atoms with Crippen molar-refractivity contribution in [1.29, 1.82) is 0 Å². The van der Waals surface area contributed by atoms with Crippen molar-refractivity contribution < 1.29 is 4.74 Å². The van der Waals surface area contributed by atoms with E-state index in [0.717, 1.165) is 18.9 Å². The summed E-state index contributed by atoms with van der Waals surface area (Å²) in [5, 5.41) is 3.59. The molecule has 0 aliphatic rings. The summed E-state index contributed by atoms with van der Waals surface area (Å²) >= 11 is 0. The highest BCUT2D eigenvalue weighted by Gasteiger charge is 2.23. The Kier molecular flexibility index (Phi) is 8.04. The molecule has 0 bridgehead atoms. The Balaban J connectivity index is 4.25. The summed E-state index contributed by atoms with van der Waals surface area (Å²) < 4.78 is 5.52. The van der Waals surface area contributed by atoms with Crippen LogP contribution in [0.2, 0.25) is 0 Å². The summed E-state index contributed by atoms with van der Waals surface area (Å²) in [5.41, 5.74) is -0.0150. The maximum atomic E-state index is 5.52. The van der Waals surface area contributed by atoms with E-state index in [4.69, 9.17) is 4.74 Å². The smallest absolute Gasteiger partial charge is 0.0637 e. The maximum Gasteiger partial charge on any atom is 0.0637 e. The molecule has 2 nitrogen and oxygen atoms in total. The van der Waals surface area contributed by atoms with E-state index in [9.17, 15) is 0 Å². The van der Waals surface area contributed by atoms with Gasteiger partial charge in [-0.2, -0.15) is 0 Å². The van der Waals surface area contributed by atoms with Crippen LogP contribution in [0.15, 0.2) is 0 Å². The Hall–Kier alpha value is -0.0800. The molecule has 0 radical (unpaired) electrons. The average Bonchev–Trinajstić information content (AvgIpc) is 2.25. The van der Waals surface area contributed by atoms with Crippen molar-refractivity contribution in [1.82, 2.24) is 5.32 Å². The molecule has 0 heterocycles. The second-order valence-corrected chi connectivity index (χ2v) is 5.34. The van der Waals surface area contributed by atoms with Crippen molar-refractivity contribution in [3.8, 4) is 0 Å². The predicted octanol–water partition coefficient (Wildman–Crippen LogP) is 3.61. The maximum absolute atomic E-state index is 5.52. The van der Waals surface area contributed by atoms with Gasteiger partial charge in [-0.25, -0.2) is 0 Å². The summed E-state index contributed by atoms with van der Waals surface area (Å²) in [4.78, 5) is 0. The molecule has 0 aromatic heterocycles. The summed E-state index contributed by atoms with van der Waals surface area (Å²) in [5.74, 6) is 0.844. The monoisotopic (exact) mass is 229 g/mol. The van der Waals surface area contributed by atoms with E-state index < -0.39 is 0 Å². The molecule has 2 heteroatoms. The van der Waals surface area contributed by atoms with Gasteiger partial charge in [-0.1, -0.05) is 33.6 Å². The van der Waals surface area contributed by atoms with Gasteiger partial charge in [0.2, 0.25) is 0 Å². The van der Waals surface area contributed by atoms with Gasteiger partial charge in [0, 0.05) is 13.2 Å². The normalized spacial score (nSPS) is 14.4. The molecule has 0 fully saturated rings. The second-order valence-electron chi connectivity index (χ2n) is 5.34. The highest BCUT2D eigenvalue weighted by atomic mass is 16.5. The largest absolute Gasteiger partial charge is 0.379 e. The summed E-state index contributed by atoms with van der Waals surface area (Å²) in [7, 11) is 1.81. The average molecular weight is 229 g/mol. The van der Waals surface area contributed by atoms with Gasteiger partial charge in [-0.3, -0.25) is 0 Å². The third-order valence-electron chi connectivity index (χ3n) is 3.56. The third-order valence-corrected chi connectivity index (χ3v) is 3.56. The van der Waals surface area contributed by atoms with Crippen LogP contribution >= 0.6 is 0 Å². The van der Waals surface area contributed by atoms with Gasteiger partial charge >= 0.3 is 0 Å². The number of methoxy groups -OCH3 is 1. The first-order chi connectivity index (χ1) is 7.49. The predicted molar refractivity (Wildman–Crippen MR) is 71.9 cm³/mol. The fraction of sp³-hybridized carbons (Fsp3) is 1.00. The molecule has 0 saturated carbocycles. The molecule has 0 aliphatic carbocycles. The molecule has 0 saturated heterocycles. The van der Waals surface area contributed by atoms with Gasteiger partial charge in [0.05, 0.1) is 5.60 Å². The van der Waals surface area contributed by atoms with Crippen LogP contribution in [-0.2, 0) is 4.74 Å². The lowest BCUT2D eigenvalue weighted by Crippen LogP contribution is -2.38. The van der Waals surface area contributed by atoms with Crippen molar-refractivity contribution in [2.45, 2.75) is 71.9 Å². The zero-order valence-electron chi connectivity index (χ0n) is 12.1. The molecule has 0 aliphatic heterocycles. The van der Waals surface area contributed by atoms with E-state index in [-0.39, 0.29) is 5.60 Å². The Morgan fingerprint density at radius 1 is 1.12 bits per heavy atom. The molecule has 0 aromatic carbocycles. The van der Waals surface area contributed by atoms with Gasteiger partial charge in [0.15, 0.2) is 0 Å². The van der Waals surface area contributed by atoms with E-state index >= 15 is 0 Å². The first kappa shape index (κ1) is 15.9. The Bertz CT molecular complexity index is 164. The number of rotatable bonds is 9. The van der Waals surface area contributed by atoms with Crippen molar-refractivity contribution in [3.05, 3.63) is 0 Å². The zero-order valence-corrected chi connectivity index (χ0v) is 12.1. The minimum atomic E-state index is -0.0150. The Morgan fingerprint density at radius 3 is 2.06 bits per heavy atom. The number of hydrogen-bond donors (Lipinski definition) is 1. The third kappa shape index (κ3) is 6.49. The molecule has 1 atom stereocenters. The van der Waals surface area contributed by atoms with E-state index in [1.54, 1.807) is 7.11 Å². The lowest BCUT2D eigenvalue weighted by atomic mass is 9.89. The van der Waals surface area contributed by atoms with Crippen molar-refractivity contribution in [3.63, 3.8) is 0 Å². The van der Waals surface area contributed by atoms with Gasteiger partial charge in [-0.05, 0) is 39.2 Å². The summed E-state index contributed by atoms with van der Waals surface area (Å²) in [6, 6.07) is 0.588. The molecule has 0 aromatic rings. The first-order valence-corrected chi connectivity index (χ1v) is 6.77. The molecule has 0 spiro atoms. The van der Waals surface area contributed by atoms with Gasteiger partial charge < -0.3 is 10.1 Å². The molecule has 0 rings (SSSR count). The minimum Gasteiger partial charge on any atom is -0.379 e. The SMILES string of the molecule is CCNC(CC(CC)CC)CC(C)(C)OC. The minimum absolute atomic E-state index is 0.0150. The van der Waals surface area contributed by atoms with Crippen LogP contribution in [0.4, 0.5) is 0 Å². The Morgan fingerprint density at radius 2 is 1.69 bits per heavy atom. The van der Waals surface area contributed by atoms with Crippen LogP contribution in [0.5, 0.6) is 0 Å². The topological polar surface area (TPSA) is 21.3 Å². The van der Waals surface area contributed by atoms with Crippen molar-refractivity contribution in [2.75, 3.05) is 13.7 Å². The van der Waals surface area contributed by atoms with E-state index in [1.165, 1.54) is 19.3 Å². The molecule has 16 heavy (non-hydrogen) atoms. The van der Waals surface area contributed by atoms with E-state index in [1.807, 2.05) is 0 Å². The van der Waals surface area contributed by atoms with Gasteiger partial charge in [-0.15, -0.1) is 0 Å². The lowest BCUT2D eigenvalue weighted by Gasteiger charge is -2.31. The second kappa shape index (κ2) is 8.08.